The molecule has 2 aromatic heterocycles. The van der Waals surface area contributed by atoms with Gasteiger partial charge in [0.1, 0.15) is 5.58 Å². The minimum Gasteiger partial charge on any atom is -0.464 e. The summed E-state index contributed by atoms with van der Waals surface area (Å²) in [5.41, 5.74) is 22.2. The van der Waals surface area contributed by atoms with Crippen LogP contribution in [-0.4, -0.2) is 6.71 Å². The van der Waals surface area contributed by atoms with Gasteiger partial charge in [0.2, 0.25) is 0 Å². The molecular weight excluding hydrogens is 808 g/mol. The molecule has 0 unspecified atom stereocenters. The fourth-order valence-electron chi connectivity index (χ4n) is 10.5. The summed E-state index contributed by atoms with van der Waals surface area (Å²) in [5.74, 6) is 0. The second kappa shape index (κ2) is 14.6. The van der Waals surface area contributed by atoms with Crippen LogP contribution >= 0.6 is 11.3 Å². The Morgan fingerprint density at radius 2 is 1.12 bits per heavy atom. The van der Waals surface area contributed by atoms with E-state index in [9.17, 15) is 0 Å². The summed E-state index contributed by atoms with van der Waals surface area (Å²) in [6.07, 6.45) is 1.93. The Balaban J connectivity index is 1.25. The number of benzene rings is 7. The molecule has 11 rings (SSSR count). The Labute approximate surface area is 389 Å². The Hall–Kier alpha value is -6.30. The van der Waals surface area contributed by atoms with Crippen LogP contribution in [0.3, 0.4) is 0 Å². The van der Waals surface area contributed by atoms with Crippen LogP contribution < -0.4 is 25.5 Å². The highest BCUT2D eigenvalue weighted by Gasteiger charge is 2.46. The zero-order chi connectivity index (χ0) is 45.3. The van der Waals surface area contributed by atoms with Crippen LogP contribution in [0.1, 0.15) is 90.1 Å². The number of thiophene rings is 1. The average molecular weight is 865 g/mol. The lowest BCUT2D eigenvalue weighted by molar-refractivity contribution is 0.589. The number of fused-ring (bicyclic) bond motifs is 7. The third kappa shape index (κ3) is 6.60. The standard InChI is InChI=1S/C60H57BN2OS/c1-36-30-42(60(9,10)11)31-37(2)55(36)63-50-22-17-21-49-54(50)61(57-56(63)45-34-41(59(6,7)8)26-29-53(45)65-57)47-27-24-39(46-35-64-52-23-16-15-20-43(46)52)32-51(47)62(49)48-28-25-40(58(3,4)5)33-44(48)38-18-13-12-14-19-38/h12-35H,1-11H3. The van der Waals surface area contributed by atoms with Crippen molar-refractivity contribution in [1.29, 1.82) is 0 Å². The molecule has 0 saturated carbocycles. The zero-order valence-electron chi connectivity index (χ0n) is 39.6. The minimum absolute atomic E-state index is 0.00162. The number of anilines is 6. The van der Waals surface area contributed by atoms with Crippen molar-refractivity contribution in [3.05, 3.63) is 174 Å². The predicted octanol–water partition coefficient (Wildman–Crippen LogP) is 15.6. The smallest absolute Gasteiger partial charge is 0.264 e. The van der Waals surface area contributed by atoms with Crippen LogP contribution in [0, 0.1) is 13.8 Å². The predicted molar refractivity (Wildman–Crippen MR) is 282 cm³/mol. The molecule has 0 bridgehead atoms. The van der Waals surface area contributed by atoms with Gasteiger partial charge in [-0.3, -0.25) is 0 Å². The minimum atomic E-state index is -0.0302. The Morgan fingerprint density at radius 3 is 1.83 bits per heavy atom. The number of aryl methyl sites for hydroxylation is 2. The number of furan rings is 1. The third-order valence-corrected chi connectivity index (χ3v) is 15.2. The average Bonchev–Trinajstić information content (AvgIpc) is 3.88. The molecule has 0 amide bonds. The first-order valence-corrected chi connectivity index (χ1v) is 24.0. The summed E-state index contributed by atoms with van der Waals surface area (Å²) in [4.78, 5) is 5.24. The van der Waals surface area contributed by atoms with Gasteiger partial charge in [-0.15, -0.1) is 11.3 Å². The Kier molecular flexibility index (Phi) is 9.31. The van der Waals surface area contributed by atoms with E-state index in [4.69, 9.17) is 4.42 Å². The molecule has 0 N–H and O–H groups in total. The van der Waals surface area contributed by atoms with Crippen molar-refractivity contribution in [3.8, 4) is 22.3 Å². The fourth-order valence-corrected chi connectivity index (χ4v) is 11.8. The Bertz CT molecular complexity index is 3350. The first kappa shape index (κ1) is 41.4. The van der Waals surface area contributed by atoms with Crippen molar-refractivity contribution in [3.63, 3.8) is 0 Å². The van der Waals surface area contributed by atoms with E-state index in [2.05, 4.69) is 219 Å². The molecule has 2 aliphatic rings. The summed E-state index contributed by atoms with van der Waals surface area (Å²) in [6.45, 7) is 25.5. The number of nitrogens with zero attached hydrogens (tertiary/aromatic N) is 2. The highest BCUT2D eigenvalue weighted by Crippen LogP contribution is 2.52. The third-order valence-electron chi connectivity index (χ3n) is 14.0. The van der Waals surface area contributed by atoms with Crippen molar-refractivity contribution in [2.75, 3.05) is 9.80 Å². The van der Waals surface area contributed by atoms with Gasteiger partial charge in [-0.2, -0.15) is 0 Å². The van der Waals surface area contributed by atoms with E-state index in [1.165, 1.54) is 93.2 Å². The van der Waals surface area contributed by atoms with Crippen molar-refractivity contribution in [2.45, 2.75) is 92.4 Å². The van der Waals surface area contributed by atoms with Crippen LogP contribution in [0.2, 0.25) is 0 Å². The van der Waals surface area contributed by atoms with Crippen molar-refractivity contribution < 1.29 is 4.42 Å². The van der Waals surface area contributed by atoms with Gasteiger partial charge in [-0.05, 0) is 128 Å². The van der Waals surface area contributed by atoms with E-state index in [0.29, 0.717) is 0 Å². The lowest BCUT2D eigenvalue weighted by Gasteiger charge is -2.44. The van der Waals surface area contributed by atoms with Gasteiger partial charge < -0.3 is 14.2 Å². The molecule has 2 aliphatic heterocycles. The number of rotatable bonds is 4. The van der Waals surface area contributed by atoms with Crippen molar-refractivity contribution in [2.24, 2.45) is 0 Å². The first-order chi connectivity index (χ1) is 31.0. The molecule has 322 valence electrons. The normalized spacial score (nSPS) is 13.7. The van der Waals surface area contributed by atoms with E-state index in [1.54, 1.807) is 0 Å². The first-order valence-electron chi connectivity index (χ1n) is 23.2. The van der Waals surface area contributed by atoms with Gasteiger partial charge in [0.15, 0.2) is 0 Å². The van der Waals surface area contributed by atoms with Crippen molar-refractivity contribution in [1.82, 2.24) is 0 Å². The highest BCUT2D eigenvalue weighted by atomic mass is 32.1. The van der Waals surface area contributed by atoms with Gasteiger partial charge in [0.25, 0.3) is 6.71 Å². The molecule has 0 atom stereocenters. The van der Waals surface area contributed by atoms with Gasteiger partial charge in [-0.1, -0.05) is 153 Å². The molecule has 4 heterocycles. The number of hydrogen-bond donors (Lipinski definition) is 0. The molecule has 5 heteroatoms. The second-order valence-corrected chi connectivity index (χ2v) is 22.6. The lowest BCUT2D eigenvalue weighted by atomic mass is 9.36. The van der Waals surface area contributed by atoms with E-state index in [-0.39, 0.29) is 23.0 Å². The maximum Gasteiger partial charge on any atom is 0.264 e. The van der Waals surface area contributed by atoms with E-state index in [1.807, 2.05) is 23.7 Å². The summed E-state index contributed by atoms with van der Waals surface area (Å²) in [7, 11) is 0. The topological polar surface area (TPSA) is 19.6 Å². The zero-order valence-corrected chi connectivity index (χ0v) is 40.5. The fraction of sp³-hybridized carbons (Fsp3) is 0.233. The summed E-state index contributed by atoms with van der Waals surface area (Å²) < 4.78 is 8.91. The maximum atomic E-state index is 6.20. The van der Waals surface area contributed by atoms with Gasteiger partial charge in [-0.25, -0.2) is 0 Å². The molecule has 7 aromatic carbocycles. The monoisotopic (exact) mass is 864 g/mol. The summed E-state index contributed by atoms with van der Waals surface area (Å²) >= 11 is 1.97. The molecule has 65 heavy (non-hydrogen) atoms. The molecule has 0 aliphatic carbocycles. The summed E-state index contributed by atoms with van der Waals surface area (Å²) in [5, 5.41) is 2.44. The maximum absolute atomic E-state index is 6.20. The molecular formula is C60H57BN2OS. The van der Waals surface area contributed by atoms with Crippen LogP contribution in [0.25, 0.3) is 43.3 Å². The van der Waals surface area contributed by atoms with Crippen LogP contribution in [0.5, 0.6) is 0 Å². The largest absolute Gasteiger partial charge is 0.464 e. The number of hydrogen-bond acceptors (Lipinski definition) is 4. The number of para-hydroxylation sites is 1. The summed E-state index contributed by atoms with van der Waals surface area (Å²) in [6, 6.07) is 52.9. The van der Waals surface area contributed by atoms with Crippen molar-refractivity contribution >= 4 is 88.9 Å². The second-order valence-electron chi connectivity index (χ2n) is 21.6. The molecule has 0 fully saturated rings. The van der Waals surface area contributed by atoms with Gasteiger partial charge >= 0.3 is 0 Å². The van der Waals surface area contributed by atoms with Gasteiger partial charge in [0, 0.05) is 48.4 Å². The molecule has 9 aromatic rings. The van der Waals surface area contributed by atoms with E-state index >= 15 is 0 Å². The Morgan fingerprint density at radius 1 is 0.477 bits per heavy atom. The lowest BCUT2D eigenvalue weighted by Crippen LogP contribution is -2.60. The van der Waals surface area contributed by atoms with Crippen LogP contribution in [0.4, 0.5) is 34.1 Å². The SMILES string of the molecule is Cc1cc(C(C)(C)C)cc(C)c1N1c2cccc3c2B(c2ccc(-c4coc5ccccc45)cc2N3c2ccc(C(C)(C)C)cc2-c2ccccc2)c2sc3ccc(C(C)(C)C)cc3c21. The van der Waals surface area contributed by atoms with E-state index in [0.717, 1.165) is 27.8 Å². The molecule has 3 nitrogen and oxygen atoms in total. The van der Waals surface area contributed by atoms with Crippen LogP contribution in [0.15, 0.2) is 150 Å². The van der Waals surface area contributed by atoms with E-state index < -0.39 is 0 Å². The quantitative estimate of drug-likeness (QED) is 0.164. The van der Waals surface area contributed by atoms with Gasteiger partial charge in [0.05, 0.1) is 23.3 Å². The highest BCUT2D eigenvalue weighted by molar-refractivity contribution is 7.33. The molecule has 0 spiro atoms. The van der Waals surface area contributed by atoms with Crippen LogP contribution in [-0.2, 0) is 16.2 Å². The molecule has 0 saturated heterocycles. The molecule has 0 radical (unpaired) electrons.